The number of aromatic nitrogens is 5. The van der Waals surface area contributed by atoms with Crippen LogP contribution in [0.1, 0.15) is 21.9 Å². The Labute approximate surface area is 249 Å². The first-order valence-corrected chi connectivity index (χ1v) is 12.4. The summed E-state index contributed by atoms with van der Waals surface area (Å²) < 4.78 is 67.5. The molecule has 1 amide bonds. The van der Waals surface area contributed by atoms with Gasteiger partial charge < -0.3 is 20.1 Å². The minimum absolute atomic E-state index is 0.291. The molecule has 11 nitrogen and oxygen atoms in total. The van der Waals surface area contributed by atoms with Crippen molar-refractivity contribution in [3.05, 3.63) is 103 Å². The first-order valence-electron chi connectivity index (χ1n) is 12.4. The quantitative estimate of drug-likeness (QED) is 0.215. The Kier molecular flexibility index (Phi) is 10.6. The predicted octanol–water partition coefficient (Wildman–Crippen LogP) is 5.47. The second-order valence-corrected chi connectivity index (χ2v) is 8.86. The van der Waals surface area contributed by atoms with Gasteiger partial charge in [-0.3, -0.25) is 14.2 Å². The SMILES string of the molecule is Cc1cccc(NC(=O)c2nc(-c3ccn(Cc4ccccn4)c3)n3ccccc23)n1.O=C(O)C(F)(F)F.O=C(O)C(F)(F)F. The number of carboxylic acid groups (broad SMARTS) is 2. The van der Waals surface area contributed by atoms with Crippen LogP contribution in [0, 0.1) is 6.92 Å². The molecular formula is C28H22F6N6O5. The number of nitrogens with one attached hydrogen (secondary N) is 1. The number of aryl methyl sites for hydroxylation is 1. The van der Waals surface area contributed by atoms with Gasteiger partial charge in [0.15, 0.2) is 5.69 Å². The Morgan fingerprint density at radius 3 is 2.04 bits per heavy atom. The van der Waals surface area contributed by atoms with E-state index in [2.05, 4.69) is 19.9 Å². The molecule has 0 atom stereocenters. The van der Waals surface area contributed by atoms with E-state index in [0.29, 0.717) is 23.9 Å². The number of anilines is 1. The molecule has 0 aliphatic carbocycles. The van der Waals surface area contributed by atoms with Crippen molar-refractivity contribution in [1.29, 1.82) is 0 Å². The lowest BCUT2D eigenvalue weighted by molar-refractivity contribution is -0.193. The number of aliphatic carboxylic acids is 2. The zero-order valence-corrected chi connectivity index (χ0v) is 22.9. The van der Waals surface area contributed by atoms with Crippen LogP contribution >= 0.6 is 0 Å². The van der Waals surface area contributed by atoms with Crippen molar-refractivity contribution in [3.63, 3.8) is 0 Å². The number of fused-ring (bicyclic) bond motifs is 1. The van der Waals surface area contributed by atoms with E-state index < -0.39 is 24.3 Å². The van der Waals surface area contributed by atoms with Crippen molar-refractivity contribution < 1.29 is 50.9 Å². The zero-order valence-electron chi connectivity index (χ0n) is 22.9. The van der Waals surface area contributed by atoms with Crippen LogP contribution in [0.2, 0.25) is 0 Å². The van der Waals surface area contributed by atoms with Crippen LogP contribution in [0.5, 0.6) is 0 Å². The molecule has 0 saturated heterocycles. The van der Waals surface area contributed by atoms with Crippen LogP contribution in [0.15, 0.2) is 85.5 Å². The molecular weight excluding hydrogens is 614 g/mol. The largest absolute Gasteiger partial charge is 0.490 e. The van der Waals surface area contributed by atoms with E-state index in [0.717, 1.165) is 22.5 Å². The standard InChI is InChI=1S/C24H20N6O.2C2HF3O2/c1-17-7-6-10-21(26-17)27-24(31)22-20-9-3-5-13-30(20)23(28-22)18-11-14-29(15-18)16-19-8-2-4-12-25-19;2*3-2(4,5)1(6)7/h2-15H,16H2,1H3,(H,26,27,31);2*(H,6,7). The molecule has 0 aliphatic heterocycles. The third-order valence-corrected chi connectivity index (χ3v) is 5.46. The number of alkyl halides is 6. The number of pyridine rings is 3. The Balaban J connectivity index is 0.000000331. The highest BCUT2D eigenvalue weighted by Crippen LogP contribution is 2.24. The molecule has 0 spiro atoms. The predicted molar refractivity (Wildman–Crippen MR) is 146 cm³/mol. The summed E-state index contributed by atoms with van der Waals surface area (Å²) in [4.78, 5) is 44.2. The summed E-state index contributed by atoms with van der Waals surface area (Å²) in [6.45, 7) is 2.55. The van der Waals surface area contributed by atoms with Crippen LogP contribution in [0.4, 0.5) is 32.2 Å². The maximum atomic E-state index is 13.0. The summed E-state index contributed by atoms with van der Waals surface area (Å²) >= 11 is 0. The van der Waals surface area contributed by atoms with E-state index in [9.17, 15) is 31.1 Å². The van der Waals surface area contributed by atoms with Gasteiger partial charge in [-0.15, -0.1) is 0 Å². The number of nitrogens with zero attached hydrogens (tertiary/aromatic N) is 5. The number of halogens is 6. The van der Waals surface area contributed by atoms with Crippen LogP contribution in [-0.2, 0) is 16.1 Å². The van der Waals surface area contributed by atoms with Gasteiger partial charge in [0.1, 0.15) is 11.6 Å². The summed E-state index contributed by atoms with van der Waals surface area (Å²) in [7, 11) is 0. The first-order chi connectivity index (χ1) is 21.1. The van der Waals surface area contributed by atoms with Crippen molar-refractivity contribution >= 4 is 29.2 Å². The van der Waals surface area contributed by atoms with Crippen LogP contribution in [0.25, 0.3) is 16.9 Å². The van der Waals surface area contributed by atoms with Crippen LogP contribution < -0.4 is 5.32 Å². The Hall–Kier alpha value is -5.74. The molecule has 0 saturated carbocycles. The first kappa shape index (κ1) is 33.8. The summed E-state index contributed by atoms with van der Waals surface area (Å²) in [5.41, 5.74) is 3.83. The van der Waals surface area contributed by atoms with Gasteiger partial charge >= 0.3 is 24.3 Å². The molecule has 0 fully saturated rings. The monoisotopic (exact) mass is 636 g/mol. The minimum atomic E-state index is -5.08. The number of hydrogen-bond donors (Lipinski definition) is 3. The maximum Gasteiger partial charge on any atom is 0.490 e. The smallest absolute Gasteiger partial charge is 0.475 e. The fraction of sp³-hybridized carbons (Fsp3) is 0.143. The average molecular weight is 637 g/mol. The van der Waals surface area contributed by atoms with Crippen molar-refractivity contribution in [3.8, 4) is 11.4 Å². The van der Waals surface area contributed by atoms with Crippen molar-refractivity contribution in [1.82, 2.24) is 23.9 Å². The Morgan fingerprint density at radius 2 is 1.47 bits per heavy atom. The third kappa shape index (κ3) is 9.63. The highest BCUT2D eigenvalue weighted by Gasteiger charge is 2.38. The van der Waals surface area contributed by atoms with E-state index >= 15 is 0 Å². The van der Waals surface area contributed by atoms with Gasteiger partial charge in [-0.1, -0.05) is 18.2 Å². The molecule has 5 aromatic rings. The lowest BCUT2D eigenvalue weighted by Crippen LogP contribution is -2.21. The molecule has 0 bridgehead atoms. The number of imidazole rings is 1. The third-order valence-electron chi connectivity index (χ3n) is 5.46. The highest BCUT2D eigenvalue weighted by molar-refractivity contribution is 6.07. The summed E-state index contributed by atoms with van der Waals surface area (Å²) in [6.07, 6.45) is -2.46. The molecule has 5 heterocycles. The summed E-state index contributed by atoms with van der Waals surface area (Å²) in [5, 5.41) is 17.1. The number of carbonyl (C=O) groups excluding carboxylic acids is 1. The number of amides is 1. The van der Waals surface area contributed by atoms with Gasteiger partial charge in [-0.05, 0) is 49.4 Å². The lowest BCUT2D eigenvalue weighted by Gasteiger charge is -2.03. The van der Waals surface area contributed by atoms with Crippen LogP contribution in [0.3, 0.4) is 0 Å². The van der Waals surface area contributed by atoms with Gasteiger partial charge in [0, 0.05) is 36.0 Å². The molecule has 0 aliphatic rings. The molecule has 0 radical (unpaired) electrons. The van der Waals surface area contributed by atoms with Gasteiger partial charge in [0.2, 0.25) is 0 Å². The second-order valence-electron chi connectivity index (χ2n) is 8.86. The van der Waals surface area contributed by atoms with E-state index in [1.54, 1.807) is 12.3 Å². The fourth-order valence-electron chi connectivity index (χ4n) is 3.55. The molecule has 5 aromatic heterocycles. The van der Waals surface area contributed by atoms with E-state index in [1.807, 2.05) is 84.5 Å². The minimum Gasteiger partial charge on any atom is -0.475 e. The Bertz CT molecular complexity index is 1760. The van der Waals surface area contributed by atoms with E-state index in [4.69, 9.17) is 24.8 Å². The molecule has 0 aromatic carbocycles. The molecule has 17 heteroatoms. The highest BCUT2D eigenvalue weighted by atomic mass is 19.4. The molecule has 3 N–H and O–H groups in total. The van der Waals surface area contributed by atoms with Gasteiger partial charge in [-0.2, -0.15) is 26.3 Å². The average Bonchev–Trinajstić information content (AvgIpc) is 3.58. The molecule has 236 valence electrons. The number of carbonyl (C=O) groups is 3. The topological polar surface area (TPSA) is 152 Å². The van der Waals surface area contributed by atoms with Gasteiger partial charge in [-0.25, -0.2) is 19.6 Å². The maximum absolute atomic E-state index is 13.0. The molecule has 0 unspecified atom stereocenters. The van der Waals surface area contributed by atoms with Crippen molar-refractivity contribution in [2.24, 2.45) is 0 Å². The molecule has 45 heavy (non-hydrogen) atoms. The van der Waals surface area contributed by atoms with Gasteiger partial charge in [0.05, 0.1) is 17.8 Å². The van der Waals surface area contributed by atoms with Crippen molar-refractivity contribution in [2.45, 2.75) is 25.8 Å². The number of hydrogen-bond acceptors (Lipinski definition) is 6. The fourth-order valence-corrected chi connectivity index (χ4v) is 3.55. The summed E-state index contributed by atoms with van der Waals surface area (Å²) in [5.74, 6) is -4.59. The zero-order chi connectivity index (χ0) is 33.4. The number of rotatable bonds is 5. The second kappa shape index (κ2) is 14.2. The number of carboxylic acids is 2. The van der Waals surface area contributed by atoms with E-state index in [1.165, 1.54) is 0 Å². The summed E-state index contributed by atoms with van der Waals surface area (Å²) in [6, 6.07) is 19.1. The molecule has 5 rings (SSSR count). The van der Waals surface area contributed by atoms with Crippen molar-refractivity contribution in [2.75, 3.05) is 5.32 Å². The van der Waals surface area contributed by atoms with E-state index in [-0.39, 0.29) is 5.91 Å². The van der Waals surface area contributed by atoms with Gasteiger partial charge in [0.25, 0.3) is 5.91 Å². The van der Waals surface area contributed by atoms with Crippen LogP contribution in [-0.4, -0.2) is 64.3 Å². The lowest BCUT2D eigenvalue weighted by atomic mass is 10.3. The normalized spacial score (nSPS) is 11.1. The Morgan fingerprint density at radius 1 is 0.822 bits per heavy atom.